The maximum absolute atomic E-state index is 11.7. The molecule has 0 radical (unpaired) electrons. The van der Waals surface area contributed by atoms with Crippen LogP contribution in [0.5, 0.6) is 0 Å². The molecule has 0 aromatic heterocycles. The van der Waals surface area contributed by atoms with Crippen LogP contribution in [-0.4, -0.2) is 49.6 Å². The Morgan fingerprint density at radius 1 is 1.47 bits per heavy atom. The zero-order valence-corrected chi connectivity index (χ0v) is 9.62. The summed E-state index contributed by atoms with van der Waals surface area (Å²) in [5, 5.41) is 6.29. The molecule has 4 nitrogen and oxygen atoms in total. The van der Waals surface area contributed by atoms with Crippen molar-refractivity contribution in [3.8, 4) is 0 Å². The van der Waals surface area contributed by atoms with Crippen molar-refractivity contribution in [1.82, 2.24) is 15.5 Å². The molecule has 2 fully saturated rings. The maximum atomic E-state index is 11.7. The Bertz CT molecular complexity index is 240. The number of carbonyl (C=O) groups excluding carboxylic acids is 1. The van der Waals surface area contributed by atoms with Gasteiger partial charge in [-0.15, -0.1) is 0 Å². The van der Waals surface area contributed by atoms with E-state index in [1.807, 2.05) is 0 Å². The maximum Gasteiger partial charge on any atom is 0.225 e. The third kappa shape index (κ3) is 2.49. The van der Waals surface area contributed by atoms with Crippen molar-refractivity contribution < 1.29 is 4.79 Å². The first-order valence-electron chi connectivity index (χ1n) is 5.88. The molecule has 0 aliphatic carbocycles. The molecule has 15 heavy (non-hydrogen) atoms. The van der Waals surface area contributed by atoms with Crippen LogP contribution >= 0.6 is 0 Å². The summed E-state index contributed by atoms with van der Waals surface area (Å²) >= 11 is 0. The Kier molecular flexibility index (Phi) is 3.26. The van der Waals surface area contributed by atoms with E-state index in [9.17, 15) is 4.79 Å². The summed E-state index contributed by atoms with van der Waals surface area (Å²) in [6.45, 7) is 5.03. The number of likely N-dealkylation sites (tertiary alicyclic amines) is 1. The van der Waals surface area contributed by atoms with Crippen LogP contribution in [-0.2, 0) is 4.79 Å². The number of rotatable bonds is 2. The van der Waals surface area contributed by atoms with Crippen LogP contribution in [0, 0.1) is 5.92 Å². The predicted octanol–water partition coefficient (Wildman–Crippen LogP) is -0.195. The van der Waals surface area contributed by atoms with Gasteiger partial charge in [-0.1, -0.05) is 0 Å². The van der Waals surface area contributed by atoms with E-state index in [1.165, 1.54) is 0 Å². The van der Waals surface area contributed by atoms with Crippen molar-refractivity contribution in [1.29, 1.82) is 0 Å². The van der Waals surface area contributed by atoms with Crippen LogP contribution in [0.1, 0.15) is 19.8 Å². The lowest BCUT2D eigenvalue weighted by atomic mass is 9.96. The van der Waals surface area contributed by atoms with E-state index in [2.05, 4.69) is 29.5 Å². The number of hydrogen-bond acceptors (Lipinski definition) is 3. The number of carbonyl (C=O) groups is 1. The molecule has 0 aromatic carbocycles. The second-order valence-corrected chi connectivity index (χ2v) is 4.91. The van der Waals surface area contributed by atoms with Gasteiger partial charge in [0.25, 0.3) is 0 Å². The van der Waals surface area contributed by atoms with Gasteiger partial charge in [-0.25, -0.2) is 0 Å². The minimum Gasteiger partial charge on any atom is -0.353 e. The third-order valence-corrected chi connectivity index (χ3v) is 3.71. The highest BCUT2D eigenvalue weighted by Crippen LogP contribution is 2.16. The number of nitrogens with zero attached hydrogens (tertiary/aromatic N) is 1. The van der Waals surface area contributed by atoms with E-state index >= 15 is 0 Å². The van der Waals surface area contributed by atoms with Gasteiger partial charge in [0.05, 0.1) is 5.92 Å². The van der Waals surface area contributed by atoms with Gasteiger partial charge >= 0.3 is 0 Å². The largest absolute Gasteiger partial charge is 0.353 e. The molecule has 2 atom stereocenters. The van der Waals surface area contributed by atoms with E-state index in [0.29, 0.717) is 12.1 Å². The summed E-state index contributed by atoms with van der Waals surface area (Å²) in [6.07, 6.45) is 2.18. The zero-order valence-electron chi connectivity index (χ0n) is 9.62. The average Bonchev–Trinajstić information content (AvgIpc) is 2.08. The molecule has 2 N–H and O–H groups in total. The van der Waals surface area contributed by atoms with Gasteiger partial charge in [0.1, 0.15) is 0 Å². The summed E-state index contributed by atoms with van der Waals surface area (Å²) in [4.78, 5) is 14.1. The van der Waals surface area contributed by atoms with Crippen molar-refractivity contribution >= 4 is 5.91 Å². The van der Waals surface area contributed by atoms with Crippen LogP contribution in [0.4, 0.5) is 0 Å². The second-order valence-electron chi connectivity index (χ2n) is 4.91. The average molecular weight is 211 g/mol. The fourth-order valence-corrected chi connectivity index (χ4v) is 2.21. The molecule has 2 unspecified atom stereocenters. The molecule has 2 saturated heterocycles. The lowest BCUT2D eigenvalue weighted by Gasteiger charge is -2.36. The fraction of sp³-hybridized carbons (Fsp3) is 0.909. The Hall–Kier alpha value is -0.610. The number of hydrogen-bond donors (Lipinski definition) is 2. The van der Waals surface area contributed by atoms with Gasteiger partial charge in [-0.3, -0.25) is 4.79 Å². The topological polar surface area (TPSA) is 44.4 Å². The van der Waals surface area contributed by atoms with Crippen molar-refractivity contribution in [2.24, 2.45) is 5.92 Å². The summed E-state index contributed by atoms with van der Waals surface area (Å²) < 4.78 is 0. The quantitative estimate of drug-likeness (QED) is 0.665. The molecule has 0 aromatic rings. The van der Waals surface area contributed by atoms with Crippen molar-refractivity contribution in [3.05, 3.63) is 0 Å². The molecule has 4 heteroatoms. The molecule has 0 bridgehead atoms. The summed E-state index contributed by atoms with van der Waals surface area (Å²) in [5.74, 6) is 0.468. The highest BCUT2D eigenvalue weighted by Gasteiger charge is 2.29. The van der Waals surface area contributed by atoms with Crippen LogP contribution in [0.15, 0.2) is 0 Å². The second kappa shape index (κ2) is 4.49. The van der Waals surface area contributed by atoms with E-state index in [4.69, 9.17) is 0 Å². The minimum atomic E-state index is 0.222. The molecule has 86 valence electrons. The first-order valence-corrected chi connectivity index (χ1v) is 5.88. The minimum absolute atomic E-state index is 0.222. The van der Waals surface area contributed by atoms with E-state index in [1.54, 1.807) is 0 Å². The van der Waals surface area contributed by atoms with E-state index in [0.717, 1.165) is 32.5 Å². The van der Waals surface area contributed by atoms with Crippen LogP contribution in [0.2, 0.25) is 0 Å². The summed E-state index contributed by atoms with van der Waals surface area (Å²) in [6, 6.07) is 0.980. The number of piperidine rings is 1. The Morgan fingerprint density at radius 3 is 2.73 bits per heavy atom. The third-order valence-electron chi connectivity index (χ3n) is 3.71. The standard InChI is InChI=1S/C11H21N3O/c1-8-5-10(3-4-14(8)2)13-11(15)9-6-12-7-9/h8-10,12H,3-7H2,1-2H3,(H,13,15). The van der Waals surface area contributed by atoms with Crippen molar-refractivity contribution in [3.63, 3.8) is 0 Å². The Labute approximate surface area is 91.4 Å². The van der Waals surface area contributed by atoms with Crippen LogP contribution in [0.3, 0.4) is 0 Å². The van der Waals surface area contributed by atoms with Gasteiger partial charge in [0.15, 0.2) is 0 Å². The van der Waals surface area contributed by atoms with Gasteiger partial charge < -0.3 is 15.5 Å². The first kappa shape index (κ1) is 10.9. The molecule has 0 spiro atoms. The highest BCUT2D eigenvalue weighted by molar-refractivity contribution is 5.80. The normalized spacial score (nSPS) is 33.5. The molecular formula is C11H21N3O. The smallest absolute Gasteiger partial charge is 0.225 e. The molecule has 2 heterocycles. The summed E-state index contributed by atoms with van der Waals surface area (Å²) in [5.41, 5.74) is 0. The lowest BCUT2D eigenvalue weighted by Crippen LogP contribution is -2.55. The SMILES string of the molecule is CC1CC(NC(=O)C2CNC2)CCN1C. The molecule has 2 aliphatic rings. The number of nitrogens with one attached hydrogen (secondary N) is 2. The van der Waals surface area contributed by atoms with Crippen molar-refractivity contribution in [2.45, 2.75) is 31.8 Å². The molecule has 2 aliphatic heterocycles. The van der Waals surface area contributed by atoms with Gasteiger partial charge in [0.2, 0.25) is 5.91 Å². The highest BCUT2D eigenvalue weighted by atomic mass is 16.2. The van der Waals surface area contributed by atoms with Gasteiger partial charge in [0, 0.05) is 31.7 Å². The zero-order chi connectivity index (χ0) is 10.8. The van der Waals surface area contributed by atoms with E-state index in [-0.39, 0.29) is 11.8 Å². The van der Waals surface area contributed by atoms with E-state index < -0.39 is 0 Å². The van der Waals surface area contributed by atoms with Crippen LogP contribution in [0.25, 0.3) is 0 Å². The van der Waals surface area contributed by atoms with Gasteiger partial charge in [-0.05, 0) is 26.8 Å². The Morgan fingerprint density at radius 2 is 2.20 bits per heavy atom. The predicted molar refractivity (Wildman–Crippen MR) is 59.6 cm³/mol. The Balaban J connectivity index is 1.77. The first-order chi connectivity index (χ1) is 7.16. The summed E-state index contributed by atoms with van der Waals surface area (Å²) in [7, 11) is 2.15. The lowest BCUT2D eigenvalue weighted by molar-refractivity contribution is -0.127. The monoisotopic (exact) mass is 211 g/mol. The fourth-order valence-electron chi connectivity index (χ4n) is 2.21. The van der Waals surface area contributed by atoms with Crippen LogP contribution < -0.4 is 10.6 Å². The molecule has 2 rings (SSSR count). The molecule has 1 amide bonds. The number of amides is 1. The van der Waals surface area contributed by atoms with Crippen molar-refractivity contribution in [2.75, 3.05) is 26.7 Å². The molecule has 0 saturated carbocycles. The molecular weight excluding hydrogens is 190 g/mol. The van der Waals surface area contributed by atoms with Gasteiger partial charge in [-0.2, -0.15) is 0 Å².